The third-order valence-corrected chi connectivity index (χ3v) is 8.20. The van der Waals surface area contributed by atoms with Crippen LogP contribution in [0.15, 0.2) is 67.0 Å². The molecule has 0 saturated carbocycles. The van der Waals surface area contributed by atoms with Crippen LogP contribution in [-0.2, 0) is 16.0 Å². The van der Waals surface area contributed by atoms with Crippen molar-refractivity contribution in [1.29, 1.82) is 0 Å². The van der Waals surface area contributed by atoms with E-state index < -0.39 is 23.9 Å². The summed E-state index contributed by atoms with van der Waals surface area (Å²) in [6.07, 6.45) is -7.35. The summed E-state index contributed by atoms with van der Waals surface area (Å²) in [6.45, 7) is 9.26. The molecule has 2 aliphatic heterocycles. The Morgan fingerprint density at radius 3 is 2.11 bits per heavy atom. The summed E-state index contributed by atoms with van der Waals surface area (Å²) in [6, 6.07) is 18.1. The Kier molecular flexibility index (Phi) is 12.1. The van der Waals surface area contributed by atoms with Crippen molar-refractivity contribution in [3.8, 4) is 16.9 Å². The minimum Gasteiger partial charge on any atom is -0.493 e. The number of hydrogen-bond donors (Lipinski definition) is 3. The Labute approximate surface area is 316 Å². The molecule has 12 nitrogen and oxygen atoms in total. The Balaban J connectivity index is 0.000000418. The number of nitrogens with zero attached hydrogens (tertiary/aromatic N) is 5. The number of ketones is 2. The van der Waals surface area contributed by atoms with Crippen LogP contribution >= 0.6 is 11.6 Å². The van der Waals surface area contributed by atoms with Gasteiger partial charge in [0.25, 0.3) is 0 Å². The molecule has 2 amide bonds. The highest BCUT2D eigenvalue weighted by Crippen LogP contribution is 2.31. The first kappa shape index (κ1) is 40.5. The molecule has 0 atom stereocenters. The van der Waals surface area contributed by atoms with Crippen LogP contribution in [0.1, 0.15) is 26.3 Å². The lowest BCUT2D eigenvalue weighted by Gasteiger charge is -2.36. The van der Waals surface area contributed by atoms with Gasteiger partial charge in [0.05, 0.1) is 12.8 Å². The summed E-state index contributed by atoms with van der Waals surface area (Å²) in [4.78, 5) is 49.7. The van der Waals surface area contributed by atoms with E-state index in [9.17, 15) is 40.7 Å². The molecule has 292 valence electrons. The molecule has 6 rings (SSSR count). The summed E-state index contributed by atoms with van der Waals surface area (Å²) >= 11 is 6.40. The molecule has 4 aromatic rings. The van der Waals surface area contributed by atoms with Crippen LogP contribution in [0.25, 0.3) is 11.1 Å². The number of ether oxygens (including phenoxy) is 1. The number of hydrogen-bond acceptors (Lipinski definition) is 10. The number of aromatic nitrogens is 3. The molecule has 55 heavy (non-hydrogen) atoms. The third kappa shape index (κ3) is 11.2. The second-order valence-electron chi connectivity index (χ2n) is 13.4. The van der Waals surface area contributed by atoms with E-state index in [0.717, 1.165) is 52.7 Å². The van der Waals surface area contributed by atoms with E-state index >= 15 is 0 Å². The molecule has 1 fully saturated rings. The van der Waals surface area contributed by atoms with Gasteiger partial charge in [-0.25, -0.2) is 14.8 Å². The zero-order chi connectivity index (χ0) is 40.1. The summed E-state index contributed by atoms with van der Waals surface area (Å²) < 4.78 is 73.0. The molecule has 4 heterocycles. The number of anilines is 5. The number of rotatable bonds is 3. The SMILES string of the molecule is CC(C)(C)NC(=O)N1CCN(c2ccc(-c3cc4cc(c3)Nc3ncc(Cl)c(n3)Nc3cccc(c3)OCC4)cn2)CC1.O=C(C(=O)C(F)(F)F)C(F)(F)F. The molecule has 0 radical (unpaired) electrons. The average Bonchev–Trinajstić information content (AvgIpc) is 3.11. The zero-order valence-corrected chi connectivity index (χ0v) is 30.4. The van der Waals surface area contributed by atoms with Crippen LogP contribution in [0.5, 0.6) is 5.75 Å². The van der Waals surface area contributed by atoms with Gasteiger partial charge < -0.3 is 30.5 Å². The second-order valence-corrected chi connectivity index (χ2v) is 13.8. The monoisotopic (exact) mass is 792 g/mol. The minimum absolute atomic E-state index is 0.0210. The van der Waals surface area contributed by atoms with Gasteiger partial charge in [0.15, 0.2) is 5.82 Å². The lowest BCUT2D eigenvalue weighted by atomic mass is 10.0. The molecular weight excluding hydrogens is 758 g/mol. The molecule has 2 aliphatic rings. The Morgan fingerprint density at radius 2 is 1.49 bits per heavy atom. The molecule has 0 spiro atoms. The van der Waals surface area contributed by atoms with Gasteiger partial charge in [-0.3, -0.25) is 9.59 Å². The number of fused-ring (bicyclic) bond motifs is 6. The van der Waals surface area contributed by atoms with E-state index in [-0.39, 0.29) is 11.6 Å². The van der Waals surface area contributed by atoms with Crippen molar-refractivity contribution in [2.45, 2.75) is 45.1 Å². The van der Waals surface area contributed by atoms with Crippen molar-refractivity contribution in [3.05, 3.63) is 77.6 Å². The Hall–Kier alpha value is -5.65. The van der Waals surface area contributed by atoms with E-state index in [4.69, 9.17) is 21.3 Å². The van der Waals surface area contributed by atoms with Crippen molar-refractivity contribution < 1.29 is 45.5 Å². The molecule has 3 N–H and O–H groups in total. The van der Waals surface area contributed by atoms with Crippen molar-refractivity contribution in [2.24, 2.45) is 0 Å². The number of urea groups is 1. The quantitative estimate of drug-likeness (QED) is 0.141. The number of nitrogens with one attached hydrogen (secondary N) is 3. The van der Waals surface area contributed by atoms with E-state index in [0.29, 0.717) is 42.9 Å². The normalized spacial score (nSPS) is 14.5. The number of amides is 2. The van der Waals surface area contributed by atoms with Crippen molar-refractivity contribution >= 4 is 58.2 Å². The van der Waals surface area contributed by atoms with Crippen LogP contribution < -0.4 is 25.6 Å². The Bertz CT molecular complexity index is 2010. The third-order valence-electron chi connectivity index (χ3n) is 7.92. The summed E-state index contributed by atoms with van der Waals surface area (Å²) in [7, 11) is 0. The number of benzene rings is 2. The molecule has 2 aromatic carbocycles. The van der Waals surface area contributed by atoms with Gasteiger partial charge in [0.1, 0.15) is 16.6 Å². The molecule has 1 saturated heterocycles. The summed E-state index contributed by atoms with van der Waals surface area (Å²) in [5.74, 6) is -4.22. The highest BCUT2D eigenvalue weighted by molar-refractivity contribution is 6.41. The number of alkyl halides is 6. The van der Waals surface area contributed by atoms with Crippen molar-refractivity contribution in [2.75, 3.05) is 48.3 Å². The van der Waals surface area contributed by atoms with Crippen LogP contribution in [0.4, 0.5) is 60.1 Å². The van der Waals surface area contributed by atoms with Crippen LogP contribution in [0.3, 0.4) is 0 Å². The zero-order valence-electron chi connectivity index (χ0n) is 29.6. The van der Waals surface area contributed by atoms with E-state index in [1.807, 2.05) is 62.2 Å². The van der Waals surface area contributed by atoms with E-state index in [2.05, 4.69) is 55.1 Å². The summed E-state index contributed by atoms with van der Waals surface area (Å²) in [5.41, 5.74) is 4.54. The smallest absolute Gasteiger partial charge is 0.458 e. The number of pyridine rings is 1. The highest BCUT2D eigenvalue weighted by Gasteiger charge is 2.54. The first-order chi connectivity index (χ1) is 25.7. The van der Waals surface area contributed by atoms with Gasteiger partial charge in [-0.2, -0.15) is 31.3 Å². The molecule has 6 bridgehead atoms. The topological polar surface area (TPSA) is 142 Å². The Morgan fingerprint density at radius 1 is 0.800 bits per heavy atom. The molecule has 0 unspecified atom stereocenters. The van der Waals surface area contributed by atoms with Gasteiger partial charge >= 0.3 is 30.0 Å². The first-order valence-corrected chi connectivity index (χ1v) is 17.1. The van der Waals surface area contributed by atoms with Gasteiger partial charge in [-0.15, -0.1) is 0 Å². The maximum Gasteiger partial charge on any atom is 0.458 e. The average molecular weight is 793 g/mol. The molecule has 2 aromatic heterocycles. The van der Waals surface area contributed by atoms with Crippen LogP contribution in [0.2, 0.25) is 5.02 Å². The van der Waals surface area contributed by atoms with Gasteiger partial charge in [0, 0.05) is 67.3 Å². The summed E-state index contributed by atoms with van der Waals surface area (Å²) in [5, 5.41) is 10.1. The van der Waals surface area contributed by atoms with Crippen molar-refractivity contribution in [3.63, 3.8) is 0 Å². The first-order valence-electron chi connectivity index (χ1n) is 16.7. The number of piperazine rings is 1. The van der Waals surface area contributed by atoms with Gasteiger partial charge in [-0.05, 0) is 68.3 Å². The predicted molar refractivity (Wildman–Crippen MR) is 193 cm³/mol. The molecule has 0 aliphatic carbocycles. The maximum absolute atomic E-state index is 12.6. The standard InChI is InChI=1S/C32H35ClN8O2.C4F6O2/c1-32(2,3)39-31(42)41-12-10-40(11-13-41)28-8-7-22(19-34-28)23-15-21-9-14-43-26-6-4-5-24(18-26)36-29-27(33)20-35-30(38-29)37-25(16-21)17-23;5-3(6,7)1(11)2(12)4(8,9)10/h4-8,15-20H,9-14H2,1-3H3,(H,39,42)(H2,35,36,37,38);. The fraction of sp³-hybridized carbons (Fsp3) is 0.333. The number of carbonyl (C=O) groups excluding carboxylic acids is 3. The number of carbonyl (C=O) groups is 3. The maximum atomic E-state index is 12.6. The van der Waals surface area contributed by atoms with E-state index in [1.54, 1.807) is 6.20 Å². The van der Waals surface area contributed by atoms with Gasteiger partial charge in [0.2, 0.25) is 5.95 Å². The molecule has 19 heteroatoms. The number of Topliss-reactive ketones (excluding diaryl/α,β-unsaturated/α-hetero) is 2. The van der Waals surface area contributed by atoms with Crippen LogP contribution in [-0.4, -0.2) is 88.1 Å². The van der Waals surface area contributed by atoms with Crippen LogP contribution in [0, 0.1) is 0 Å². The van der Waals surface area contributed by atoms with Gasteiger partial charge in [-0.1, -0.05) is 23.7 Å². The highest BCUT2D eigenvalue weighted by atomic mass is 35.5. The second kappa shape index (κ2) is 16.4. The number of halogens is 7. The molecular formula is C36H35ClF6N8O4. The fourth-order valence-electron chi connectivity index (χ4n) is 5.35. The minimum atomic E-state index is -5.77. The van der Waals surface area contributed by atoms with Crippen molar-refractivity contribution in [1.82, 2.24) is 25.2 Å². The lowest BCUT2D eigenvalue weighted by Crippen LogP contribution is -2.55. The largest absolute Gasteiger partial charge is 0.493 e. The predicted octanol–water partition coefficient (Wildman–Crippen LogP) is 7.49. The lowest BCUT2D eigenvalue weighted by molar-refractivity contribution is -0.193. The fourth-order valence-corrected chi connectivity index (χ4v) is 5.48. The van der Waals surface area contributed by atoms with E-state index in [1.165, 1.54) is 0 Å².